The molecule has 0 unspecified atom stereocenters. The number of nitrogens with zero attached hydrogens (tertiary/aromatic N) is 3. The van der Waals surface area contributed by atoms with Crippen LogP contribution in [0.15, 0.2) is 28.9 Å². The summed E-state index contributed by atoms with van der Waals surface area (Å²) < 4.78 is 13.8. The minimum atomic E-state index is -0.686. The van der Waals surface area contributed by atoms with Gasteiger partial charge in [0.2, 0.25) is 5.88 Å². The summed E-state index contributed by atoms with van der Waals surface area (Å²) >= 11 is 0. The number of phenolic OH excluding ortho intramolecular Hbond substituents is 1. The number of rotatable bonds is 4. The Bertz CT molecular complexity index is 1400. The van der Waals surface area contributed by atoms with E-state index >= 15 is 0 Å². The van der Waals surface area contributed by atoms with Crippen LogP contribution >= 0.6 is 0 Å². The Morgan fingerprint density at radius 3 is 2.82 bits per heavy atom. The average Bonchev–Trinajstić information content (AvgIpc) is 3.35. The number of carbonyl (C=O) groups excluding carboxylic acids is 1. The number of pyridine rings is 1. The molecule has 0 saturated carbocycles. The van der Waals surface area contributed by atoms with E-state index in [1.807, 2.05) is 6.92 Å². The molecule has 1 aliphatic rings. The molecule has 0 spiro atoms. The number of likely N-dealkylation sites (N-methyl/N-ethyl adjacent to an activating group) is 1. The summed E-state index contributed by atoms with van der Waals surface area (Å²) in [7, 11) is 2.07. The molecule has 172 valence electrons. The number of hydrogen-bond donors (Lipinski definition) is 3. The van der Waals surface area contributed by atoms with Gasteiger partial charge < -0.3 is 30.6 Å². The predicted molar refractivity (Wildman–Crippen MR) is 126 cm³/mol. The average molecular weight is 450 g/mol. The maximum atomic E-state index is 12.5. The summed E-state index contributed by atoms with van der Waals surface area (Å²) in [4.78, 5) is 19.6. The number of phenols is 1. The zero-order chi connectivity index (χ0) is 23.4. The molecular weight excluding hydrogens is 422 g/mol. The number of benzene rings is 1. The summed E-state index contributed by atoms with van der Waals surface area (Å²) in [6, 6.07) is 5.18. The minimum Gasteiger partial charge on any atom is -0.508 e. The third-order valence-electron chi connectivity index (χ3n) is 6.45. The molecule has 0 radical (unpaired) electrons. The van der Waals surface area contributed by atoms with Gasteiger partial charge in [-0.1, -0.05) is 6.07 Å². The quantitative estimate of drug-likeness (QED) is 0.435. The molecule has 3 aromatic heterocycles. The number of nitrogen functional groups attached to an aromatic ring is 1. The number of nitrogens with two attached hydrogens (primary N) is 2. The number of fused-ring (bicyclic) bond motifs is 3. The van der Waals surface area contributed by atoms with Gasteiger partial charge in [0, 0.05) is 12.1 Å². The van der Waals surface area contributed by atoms with Crippen LogP contribution in [0.2, 0.25) is 0 Å². The van der Waals surface area contributed by atoms with Crippen molar-refractivity contribution in [3.63, 3.8) is 0 Å². The fraction of sp³-hybridized carbons (Fsp3) is 0.333. The van der Waals surface area contributed by atoms with Crippen molar-refractivity contribution in [1.29, 1.82) is 0 Å². The van der Waals surface area contributed by atoms with Crippen molar-refractivity contribution in [3.8, 4) is 17.3 Å². The number of likely N-dealkylation sites (tertiary alicyclic amines) is 1. The van der Waals surface area contributed by atoms with E-state index in [0.29, 0.717) is 39.1 Å². The maximum absolute atomic E-state index is 12.5. The van der Waals surface area contributed by atoms with Crippen molar-refractivity contribution in [3.05, 3.63) is 41.2 Å². The number of carbonyl (C=O) groups is 1. The van der Waals surface area contributed by atoms with E-state index in [1.54, 1.807) is 29.7 Å². The molecule has 1 aromatic carbocycles. The van der Waals surface area contributed by atoms with Gasteiger partial charge in [-0.2, -0.15) is 4.98 Å². The SMILES string of the molecule is Cc1ccc(O)c(C)c1-n1c(N)c(C(N)=O)c2c3occc3c(O[C@H]3CCCN(C)C3)nc21. The number of aromatic hydroxyl groups is 1. The van der Waals surface area contributed by atoms with Gasteiger partial charge in [0.05, 0.1) is 28.3 Å². The molecule has 0 bridgehead atoms. The molecule has 33 heavy (non-hydrogen) atoms. The summed E-state index contributed by atoms with van der Waals surface area (Å²) in [6.45, 7) is 5.51. The van der Waals surface area contributed by atoms with Crippen LogP contribution in [0.5, 0.6) is 11.6 Å². The second kappa shape index (κ2) is 7.70. The molecule has 1 fully saturated rings. The number of amides is 1. The second-order valence-corrected chi connectivity index (χ2v) is 8.76. The van der Waals surface area contributed by atoms with Gasteiger partial charge in [-0.3, -0.25) is 9.36 Å². The minimum absolute atomic E-state index is 0.0209. The van der Waals surface area contributed by atoms with Crippen molar-refractivity contribution in [2.24, 2.45) is 5.73 Å². The lowest BCUT2D eigenvalue weighted by Crippen LogP contribution is -2.38. The Morgan fingerprint density at radius 2 is 2.09 bits per heavy atom. The number of primary amides is 1. The van der Waals surface area contributed by atoms with E-state index < -0.39 is 5.91 Å². The van der Waals surface area contributed by atoms with E-state index in [2.05, 4.69) is 11.9 Å². The van der Waals surface area contributed by atoms with Crippen molar-refractivity contribution < 1.29 is 19.1 Å². The zero-order valence-electron chi connectivity index (χ0n) is 18.9. The smallest absolute Gasteiger partial charge is 0.253 e. The number of aromatic nitrogens is 2. The largest absolute Gasteiger partial charge is 0.508 e. The molecule has 9 nitrogen and oxygen atoms in total. The summed E-state index contributed by atoms with van der Waals surface area (Å²) in [6.07, 6.45) is 3.47. The highest BCUT2D eigenvalue weighted by Gasteiger charge is 2.29. The lowest BCUT2D eigenvalue weighted by Gasteiger charge is -2.29. The molecule has 9 heteroatoms. The van der Waals surface area contributed by atoms with Gasteiger partial charge in [0.25, 0.3) is 5.91 Å². The summed E-state index contributed by atoms with van der Waals surface area (Å²) in [5, 5.41) is 11.5. The number of anilines is 1. The highest BCUT2D eigenvalue weighted by atomic mass is 16.5. The van der Waals surface area contributed by atoms with Crippen LogP contribution in [-0.4, -0.2) is 51.7 Å². The lowest BCUT2D eigenvalue weighted by molar-refractivity contribution is 0.100. The summed E-state index contributed by atoms with van der Waals surface area (Å²) in [5.74, 6) is -0.0297. The first-order valence-electron chi connectivity index (χ1n) is 10.9. The van der Waals surface area contributed by atoms with E-state index in [9.17, 15) is 9.90 Å². The fourth-order valence-electron chi connectivity index (χ4n) is 4.83. The molecule has 5 N–H and O–H groups in total. The van der Waals surface area contributed by atoms with Crippen LogP contribution in [-0.2, 0) is 0 Å². The second-order valence-electron chi connectivity index (χ2n) is 8.76. The first-order chi connectivity index (χ1) is 15.8. The van der Waals surface area contributed by atoms with E-state index in [4.69, 9.17) is 25.6 Å². The molecular formula is C24H27N5O4. The molecule has 4 heterocycles. The number of furan rings is 1. The number of piperidine rings is 1. The Balaban J connectivity index is 1.83. The molecule has 1 aliphatic heterocycles. The van der Waals surface area contributed by atoms with Crippen molar-refractivity contribution in [2.75, 3.05) is 25.9 Å². The van der Waals surface area contributed by atoms with Crippen LogP contribution in [0, 0.1) is 13.8 Å². The molecule has 1 atom stereocenters. The summed E-state index contributed by atoms with van der Waals surface area (Å²) in [5.41, 5.74) is 15.3. The number of aryl methyl sites for hydroxylation is 1. The normalized spacial score (nSPS) is 17.1. The van der Waals surface area contributed by atoms with Crippen molar-refractivity contribution >= 4 is 33.7 Å². The van der Waals surface area contributed by atoms with Gasteiger partial charge in [-0.05, 0) is 58.0 Å². The third kappa shape index (κ3) is 3.27. The van der Waals surface area contributed by atoms with Crippen LogP contribution in [0.25, 0.3) is 27.7 Å². The topological polar surface area (TPSA) is 133 Å². The van der Waals surface area contributed by atoms with Gasteiger partial charge in [0.15, 0.2) is 11.2 Å². The highest BCUT2D eigenvalue weighted by molar-refractivity contribution is 6.19. The van der Waals surface area contributed by atoms with Gasteiger partial charge in [-0.25, -0.2) is 0 Å². The van der Waals surface area contributed by atoms with Crippen LogP contribution < -0.4 is 16.2 Å². The zero-order valence-corrected chi connectivity index (χ0v) is 18.9. The predicted octanol–water partition coefficient (Wildman–Crippen LogP) is 3.25. The number of hydrogen-bond acceptors (Lipinski definition) is 7. The Hall–Kier alpha value is -3.72. The molecule has 0 aliphatic carbocycles. The molecule has 5 rings (SSSR count). The first kappa shape index (κ1) is 21.1. The van der Waals surface area contributed by atoms with Crippen LogP contribution in [0.3, 0.4) is 0 Å². The fourth-order valence-corrected chi connectivity index (χ4v) is 4.83. The monoisotopic (exact) mass is 449 g/mol. The Morgan fingerprint density at radius 1 is 1.30 bits per heavy atom. The van der Waals surface area contributed by atoms with Gasteiger partial charge in [0.1, 0.15) is 17.7 Å². The van der Waals surface area contributed by atoms with Gasteiger partial charge >= 0.3 is 0 Å². The first-order valence-corrected chi connectivity index (χ1v) is 10.9. The van der Waals surface area contributed by atoms with Crippen molar-refractivity contribution in [1.82, 2.24) is 14.5 Å². The molecule has 4 aromatic rings. The standard InChI is InChI=1S/C24H27N5O4/c1-12-6-7-16(30)13(2)19(12)29-21(25)18(22(26)31)17-20-15(8-10-32-20)24(27-23(17)29)33-14-5-4-9-28(3)11-14/h6-8,10,14,30H,4-5,9,11,25H2,1-3H3,(H2,26,31)/t14-/m0/s1. The van der Waals surface area contributed by atoms with Crippen LogP contribution in [0.1, 0.15) is 34.3 Å². The van der Waals surface area contributed by atoms with E-state index in [-0.39, 0.29) is 23.2 Å². The van der Waals surface area contributed by atoms with Gasteiger partial charge in [-0.15, -0.1) is 0 Å². The molecule has 1 saturated heterocycles. The third-order valence-corrected chi connectivity index (χ3v) is 6.45. The Labute approximate surface area is 190 Å². The van der Waals surface area contributed by atoms with E-state index in [1.165, 1.54) is 6.26 Å². The van der Waals surface area contributed by atoms with E-state index in [0.717, 1.165) is 31.5 Å². The van der Waals surface area contributed by atoms with Crippen LogP contribution in [0.4, 0.5) is 5.82 Å². The Kier molecular flexibility index (Phi) is 4.93. The lowest BCUT2D eigenvalue weighted by atomic mass is 10.1. The number of ether oxygens (including phenoxy) is 1. The highest BCUT2D eigenvalue weighted by Crippen LogP contribution is 2.41. The maximum Gasteiger partial charge on any atom is 0.253 e. The van der Waals surface area contributed by atoms with Crippen molar-refractivity contribution in [2.45, 2.75) is 32.8 Å². The molecule has 1 amide bonds.